The highest BCUT2D eigenvalue weighted by atomic mass is 16.5. The predicted molar refractivity (Wildman–Crippen MR) is 134 cm³/mol. The number of aromatic carboxylic acids is 1. The number of ether oxygens (including phenoxy) is 1. The summed E-state index contributed by atoms with van der Waals surface area (Å²) >= 11 is 0. The molecule has 1 aliphatic carbocycles. The third kappa shape index (κ3) is 5.28. The molecular weight excluding hydrogens is 410 g/mol. The zero-order valence-corrected chi connectivity index (χ0v) is 19.5. The molecule has 0 saturated heterocycles. The fraction of sp³-hybridized carbons (Fsp3) is 0.276. The first kappa shape index (κ1) is 22.7. The molecule has 3 aromatic rings. The first-order valence-corrected chi connectivity index (χ1v) is 11.4. The lowest BCUT2D eigenvalue weighted by atomic mass is 9.73. The van der Waals surface area contributed by atoms with Crippen LogP contribution in [-0.2, 0) is 18.4 Å². The van der Waals surface area contributed by atoms with Gasteiger partial charge in [0.1, 0.15) is 12.4 Å². The summed E-state index contributed by atoms with van der Waals surface area (Å²) in [6.45, 7) is 8.02. The Morgan fingerprint density at radius 1 is 1.06 bits per heavy atom. The minimum absolute atomic E-state index is 0.0718. The lowest BCUT2D eigenvalue weighted by Crippen LogP contribution is -2.22. The average molecular weight is 442 g/mol. The Bertz CT molecular complexity index is 1160. The van der Waals surface area contributed by atoms with Gasteiger partial charge in [0.2, 0.25) is 0 Å². The van der Waals surface area contributed by atoms with E-state index in [1.165, 1.54) is 22.3 Å². The summed E-state index contributed by atoms with van der Waals surface area (Å²) in [4.78, 5) is 11.1. The SMILES string of the molecule is CC1=CCC(C)(C)c2cc(OCc3ccccc3)c(CCNc3ccc(C(=O)O)cc3)cc21. The average Bonchev–Trinajstić information content (AvgIpc) is 2.81. The van der Waals surface area contributed by atoms with Crippen LogP contribution in [0.5, 0.6) is 5.75 Å². The summed E-state index contributed by atoms with van der Waals surface area (Å²) in [7, 11) is 0. The van der Waals surface area contributed by atoms with Crippen molar-refractivity contribution in [2.45, 2.75) is 45.6 Å². The van der Waals surface area contributed by atoms with Crippen LogP contribution in [0.4, 0.5) is 5.69 Å². The van der Waals surface area contributed by atoms with E-state index in [-0.39, 0.29) is 11.0 Å². The van der Waals surface area contributed by atoms with E-state index in [0.717, 1.165) is 36.4 Å². The highest BCUT2D eigenvalue weighted by Gasteiger charge is 2.28. The van der Waals surface area contributed by atoms with Gasteiger partial charge in [-0.15, -0.1) is 0 Å². The molecule has 0 aromatic heterocycles. The van der Waals surface area contributed by atoms with Crippen LogP contribution in [0.25, 0.3) is 5.57 Å². The molecule has 4 nitrogen and oxygen atoms in total. The quantitative estimate of drug-likeness (QED) is 0.408. The van der Waals surface area contributed by atoms with Crippen molar-refractivity contribution >= 4 is 17.2 Å². The first-order valence-electron chi connectivity index (χ1n) is 11.4. The van der Waals surface area contributed by atoms with Crippen molar-refractivity contribution in [1.29, 1.82) is 0 Å². The van der Waals surface area contributed by atoms with Crippen LogP contribution < -0.4 is 10.1 Å². The summed E-state index contributed by atoms with van der Waals surface area (Å²) in [5.74, 6) is 0.0190. The van der Waals surface area contributed by atoms with E-state index in [1.807, 2.05) is 18.2 Å². The predicted octanol–water partition coefficient (Wildman–Crippen LogP) is 6.70. The van der Waals surface area contributed by atoms with E-state index in [1.54, 1.807) is 24.3 Å². The molecule has 33 heavy (non-hydrogen) atoms. The van der Waals surface area contributed by atoms with Crippen molar-refractivity contribution in [2.24, 2.45) is 0 Å². The Hall–Kier alpha value is -3.53. The molecule has 1 aliphatic rings. The molecule has 0 fully saturated rings. The zero-order chi connectivity index (χ0) is 23.4. The van der Waals surface area contributed by atoms with Crippen molar-refractivity contribution in [3.63, 3.8) is 0 Å². The van der Waals surface area contributed by atoms with E-state index in [2.05, 4.69) is 56.4 Å². The normalized spacial score (nSPS) is 14.2. The Balaban J connectivity index is 1.56. The summed E-state index contributed by atoms with van der Waals surface area (Å²) in [5, 5.41) is 12.5. The van der Waals surface area contributed by atoms with Crippen LogP contribution in [-0.4, -0.2) is 17.6 Å². The first-order chi connectivity index (χ1) is 15.8. The summed E-state index contributed by atoms with van der Waals surface area (Å²) < 4.78 is 6.35. The fourth-order valence-corrected chi connectivity index (χ4v) is 4.28. The zero-order valence-electron chi connectivity index (χ0n) is 19.5. The van der Waals surface area contributed by atoms with Crippen LogP contribution in [0.1, 0.15) is 59.8 Å². The number of hydrogen-bond acceptors (Lipinski definition) is 3. The molecule has 3 aromatic carbocycles. The van der Waals surface area contributed by atoms with E-state index in [9.17, 15) is 4.79 Å². The van der Waals surface area contributed by atoms with E-state index in [0.29, 0.717) is 6.61 Å². The van der Waals surface area contributed by atoms with Gasteiger partial charge in [-0.1, -0.05) is 50.3 Å². The molecule has 0 amide bonds. The van der Waals surface area contributed by atoms with Gasteiger partial charge in [0.05, 0.1) is 5.56 Å². The maximum Gasteiger partial charge on any atom is 0.335 e. The molecule has 0 saturated carbocycles. The molecule has 0 bridgehead atoms. The Morgan fingerprint density at radius 3 is 2.48 bits per heavy atom. The standard InChI is InChI=1S/C29H31NO3/c1-20-13-15-29(2,3)26-18-27(33-19-21-7-5-4-6-8-21)23(17-25(20)26)14-16-30-24-11-9-22(10-12-24)28(31)32/h4-13,17-18,30H,14-16,19H2,1-3H3,(H,31,32). The van der Waals surface area contributed by atoms with Crippen molar-refractivity contribution in [1.82, 2.24) is 0 Å². The molecule has 4 rings (SSSR count). The van der Waals surface area contributed by atoms with Gasteiger partial charge >= 0.3 is 5.97 Å². The van der Waals surface area contributed by atoms with Gasteiger partial charge in [0.15, 0.2) is 0 Å². The van der Waals surface area contributed by atoms with Crippen molar-refractivity contribution in [2.75, 3.05) is 11.9 Å². The maximum absolute atomic E-state index is 11.1. The van der Waals surface area contributed by atoms with Gasteiger partial charge in [0, 0.05) is 12.2 Å². The molecule has 0 radical (unpaired) electrons. The van der Waals surface area contributed by atoms with Crippen molar-refractivity contribution in [3.8, 4) is 5.75 Å². The second-order valence-corrected chi connectivity index (χ2v) is 9.31. The largest absolute Gasteiger partial charge is 0.489 e. The van der Waals surface area contributed by atoms with Crippen LogP contribution in [0, 0.1) is 0 Å². The van der Waals surface area contributed by atoms with Gasteiger partial charge in [-0.3, -0.25) is 0 Å². The number of fused-ring (bicyclic) bond motifs is 1. The topological polar surface area (TPSA) is 58.6 Å². The Morgan fingerprint density at radius 2 is 1.79 bits per heavy atom. The second kappa shape index (κ2) is 9.53. The molecular formula is C29H31NO3. The Labute approximate surface area is 195 Å². The molecule has 0 aliphatic heterocycles. The number of benzene rings is 3. The highest BCUT2D eigenvalue weighted by Crippen LogP contribution is 2.42. The minimum Gasteiger partial charge on any atom is -0.489 e. The lowest BCUT2D eigenvalue weighted by Gasteiger charge is -2.32. The number of rotatable bonds is 8. The van der Waals surface area contributed by atoms with Crippen LogP contribution in [0.2, 0.25) is 0 Å². The monoisotopic (exact) mass is 441 g/mol. The smallest absolute Gasteiger partial charge is 0.335 e. The van der Waals surface area contributed by atoms with Gasteiger partial charge < -0.3 is 15.2 Å². The van der Waals surface area contributed by atoms with Crippen molar-refractivity contribution < 1.29 is 14.6 Å². The lowest BCUT2D eigenvalue weighted by molar-refractivity contribution is 0.0697. The van der Waals surface area contributed by atoms with Gasteiger partial charge in [-0.2, -0.15) is 0 Å². The number of carboxylic acids is 1. The van der Waals surface area contributed by atoms with Crippen molar-refractivity contribution in [3.05, 3.63) is 101 Å². The number of allylic oxidation sites excluding steroid dienone is 2. The summed E-state index contributed by atoms with van der Waals surface area (Å²) in [5.41, 5.74) is 7.54. The third-order valence-corrected chi connectivity index (χ3v) is 6.37. The maximum atomic E-state index is 11.1. The number of nitrogens with one attached hydrogen (secondary N) is 1. The number of carboxylic acid groups (broad SMARTS) is 1. The van der Waals surface area contributed by atoms with Crippen LogP contribution >= 0.6 is 0 Å². The van der Waals surface area contributed by atoms with Gasteiger partial charge in [0.25, 0.3) is 0 Å². The van der Waals surface area contributed by atoms with E-state index >= 15 is 0 Å². The molecule has 2 N–H and O–H groups in total. The third-order valence-electron chi connectivity index (χ3n) is 6.37. The van der Waals surface area contributed by atoms with Gasteiger partial charge in [-0.25, -0.2) is 4.79 Å². The summed E-state index contributed by atoms with van der Waals surface area (Å²) in [6.07, 6.45) is 4.15. The molecule has 0 heterocycles. The van der Waals surface area contributed by atoms with Crippen LogP contribution in [0.3, 0.4) is 0 Å². The fourth-order valence-electron chi connectivity index (χ4n) is 4.28. The number of anilines is 1. The molecule has 0 atom stereocenters. The second-order valence-electron chi connectivity index (χ2n) is 9.31. The van der Waals surface area contributed by atoms with E-state index in [4.69, 9.17) is 9.84 Å². The molecule has 4 heteroatoms. The minimum atomic E-state index is -0.915. The molecule has 0 unspecified atom stereocenters. The number of carbonyl (C=O) groups is 1. The molecule has 170 valence electrons. The highest BCUT2D eigenvalue weighted by molar-refractivity contribution is 5.88. The van der Waals surface area contributed by atoms with E-state index < -0.39 is 5.97 Å². The summed E-state index contributed by atoms with van der Waals surface area (Å²) in [6, 6.07) is 21.6. The van der Waals surface area contributed by atoms with Gasteiger partial charge in [-0.05, 0) is 89.4 Å². The Kier molecular flexibility index (Phi) is 6.55. The number of hydrogen-bond donors (Lipinski definition) is 2. The molecule has 0 spiro atoms. The van der Waals surface area contributed by atoms with Crippen LogP contribution in [0.15, 0.2) is 72.8 Å².